The molecule has 1 aliphatic heterocycles. The molecule has 2 aromatic rings. The average Bonchev–Trinajstić information content (AvgIpc) is 2.53. The maximum absolute atomic E-state index is 6.15. The van der Waals surface area contributed by atoms with E-state index in [1.165, 1.54) is 11.1 Å². The summed E-state index contributed by atoms with van der Waals surface area (Å²) in [7, 11) is 0. The van der Waals surface area contributed by atoms with Crippen LogP contribution in [0.1, 0.15) is 44.2 Å². The van der Waals surface area contributed by atoms with Crippen molar-refractivity contribution >= 4 is 0 Å². The zero-order valence-electron chi connectivity index (χ0n) is 15.0. The fourth-order valence-electron chi connectivity index (χ4n) is 3.36. The van der Waals surface area contributed by atoms with Gasteiger partial charge in [0, 0.05) is 12.5 Å². The lowest BCUT2D eigenvalue weighted by molar-refractivity contribution is 0.0684. The minimum absolute atomic E-state index is 0.0355. The second kappa shape index (κ2) is 6.86. The lowest BCUT2D eigenvalue weighted by Gasteiger charge is -2.38. The summed E-state index contributed by atoms with van der Waals surface area (Å²) >= 11 is 0. The molecule has 0 aliphatic carbocycles. The van der Waals surface area contributed by atoms with Crippen molar-refractivity contribution in [3.05, 3.63) is 59.7 Å². The maximum Gasteiger partial charge on any atom is 0.147 e. The van der Waals surface area contributed by atoms with E-state index in [1.54, 1.807) is 0 Å². The van der Waals surface area contributed by atoms with Gasteiger partial charge < -0.3 is 9.47 Å². The Morgan fingerprint density at radius 3 is 2.71 bits per heavy atom. The SMILES string of the molecule is Cc1ccc2c(c1)[C@H](CNC(C)Oc1ccccc1)CC(C)(C)O2. The van der Waals surface area contributed by atoms with Crippen molar-refractivity contribution in [1.29, 1.82) is 0 Å². The first-order valence-electron chi connectivity index (χ1n) is 8.68. The molecule has 2 aromatic carbocycles. The van der Waals surface area contributed by atoms with E-state index in [0.717, 1.165) is 24.5 Å². The van der Waals surface area contributed by atoms with Gasteiger partial charge in [0.05, 0.1) is 0 Å². The zero-order chi connectivity index (χ0) is 17.2. The quantitative estimate of drug-likeness (QED) is 0.811. The third-order valence-electron chi connectivity index (χ3n) is 4.44. The summed E-state index contributed by atoms with van der Waals surface area (Å²) in [5.74, 6) is 2.33. The van der Waals surface area contributed by atoms with Gasteiger partial charge in [0.25, 0.3) is 0 Å². The summed E-state index contributed by atoms with van der Waals surface area (Å²) in [4.78, 5) is 0. The van der Waals surface area contributed by atoms with E-state index in [2.05, 4.69) is 51.2 Å². The van der Waals surface area contributed by atoms with Crippen LogP contribution in [0.2, 0.25) is 0 Å². The molecule has 0 radical (unpaired) electrons. The Balaban J connectivity index is 1.67. The summed E-state index contributed by atoms with van der Waals surface area (Å²) in [5, 5.41) is 3.52. The summed E-state index contributed by atoms with van der Waals surface area (Å²) in [6.45, 7) is 9.37. The molecular weight excluding hydrogens is 298 g/mol. The van der Waals surface area contributed by atoms with E-state index in [9.17, 15) is 0 Å². The van der Waals surface area contributed by atoms with Crippen molar-refractivity contribution in [1.82, 2.24) is 5.32 Å². The number of rotatable bonds is 5. The number of nitrogens with one attached hydrogen (secondary N) is 1. The van der Waals surface area contributed by atoms with Crippen LogP contribution >= 0.6 is 0 Å². The highest BCUT2D eigenvalue weighted by atomic mass is 16.5. The molecule has 0 saturated heterocycles. The van der Waals surface area contributed by atoms with Crippen LogP contribution in [0.5, 0.6) is 11.5 Å². The maximum atomic E-state index is 6.15. The summed E-state index contributed by atoms with van der Waals surface area (Å²) < 4.78 is 12.1. The van der Waals surface area contributed by atoms with Crippen LogP contribution in [0.4, 0.5) is 0 Å². The zero-order valence-corrected chi connectivity index (χ0v) is 15.0. The van der Waals surface area contributed by atoms with Crippen LogP contribution in [-0.2, 0) is 0 Å². The number of benzene rings is 2. The number of ether oxygens (including phenoxy) is 2. The standard InChI is InChI=1S/C21H27NO2/c1-15-10-11-20-19(12-15)17(13-21(3,4)24-20)14-22-16(2)23-18-8-6-5-7-9-18/h5-12,16-17,22H,13-14H2,1-4H3/t16?,17-/m0/s1. The van der Waals surface area contributed by atoms with Gasteiger partial charge in [-0.2, -0.15) is 0 Å². The minimum Gasteiger partial charge on any atom is -0.488 e. The van der Waals surface area contributed by atoms with Gasteiger partial charge in [0.1, 0.15) is 23.3 Å². The Bertz CT molecular complexity index is 681. The Kier molecular flexibility index (Phi) is 4.81. The number of para-hydroxylation sites is 1. The third-order valence-corrected chi connectivity index (χ3v) is 4.44. The van der Waals surface area contributed by atoms with Crippen LogP contribution in [-0.4, -0.2) is 18.4 Å². The fourth-order valence-corrected chi connectivity index (χ4v) is 3.36. The molecule has 3 heteroatoms. The molecule has 1 heterocycles. The van der Waals surface area contributed by atoms with Gasteiger partial charge in [0.2, 0.25) is 0 Å². The highest BCUT2D eigenvalue weighted by Crippen LogP contribution is 2.40. The number of fused-ring (bicyclic) bond motifs is 1. The number of aryl methyl sites for hydroxylation is 1. The van der Waals surface area contributed by atoms with Gasteiger partial charge in [-0.3, -0.25) is 5.32 Å². The first kappa shape index (κ1) is 16.8. The van der Waals surface area contributed by atoms with Crippen molar-refractivity contribution in [3.8, 4) is 11.5 Å². The molecule has 1 unspecified atom stereocenters. The third kappa shape index (κ3) is 4.09. The van der Waals surface area contributed by atoms with Crippen LogP contribution in [0, 0.1) is 6.92 Å². The minimum atomic E-state index is -0.141. The molecule has 3 rings (SSSR count). The smallest absolute Gasteiger partial charge is 0.147 e. The molecule has 0 aromatic heterocycles. The van der Waals surface area contributed by atoms with Crippen LogP contribution < -0.4 is 14.8 Å². The fraction of sp³-hybridized carbons (Fsp3) is 0.429. The largest absolute Gasteiger partial charge is 0.488 e. The van der Waals surface area contributed by atoms with Crippen molar-refractivity contribution in [2.24, 2.45) is 0 Å². The number of hydrogen-bond donors (Lipinski definition) is 1. The van der Waals surface area contributed by atoms with Crippen LogP contribution in [0.3, 0.4) is 0 Å². The molecule has 0 fully saturated rings. The second-order valence-electron chi connectivity index (χ2n) is 7.29. The topological polar surface area (TPSA) is 30.5 Å². The monoisotopic (exact) mass is 325 g/mol. The first-order valence-corrected chi connectivity index (χ1v) is 8.68. The summed E-state index contributed by atoms with van der Waals surface area (Å²) in [5.41, 5.74) is 2.43. The Labute approximate surface area is 145 Å². The molecule has 0 amide bonds. The first-order chi connectivity index (χ1) is 11.4. The van der Waals surface area contributed by atoms with E-state index >= 15 is 0 Å². The van der Waals surface area contributed by atoms with Crippen LogP contribution in [0.15, 0.2) is 48.5 Å². The molecule has 3 nitrogen and oxygen atoms in total. The Morgan fingerprint density at radius 1 is 1.21 bits per heavy atom. The predicted molar refractivity (Wildman–Crippen MR) is 97.8 cm³/mol. The highest BCUT2D eigenvalue weighted by molar-refractivity contribution is 5.42. The van der Waals surface area contributed by atoms with E-state index < -0.39 is 0 Å². The molecule has 1 N–H and O–H groups in total. The van der Waals surface area contributed by atoms with E-state index in [-0.39, 0.29) is 11.8 Å². The van der Waals surface area contributed by atoms with Crippen molar-refractivity contribution in [3.63, 3.8) is 0 Å². The Morgan fingerprint density at radius 2 is 1.96 bits per heavy atom. The molecule has 0 bridgehead atoms. The molecule has 0 spiro atoms. The van der Waals surface area contributed by atoms with E-state index in [0.29, 0.717) is 5.92 Å². The highest BCUT2D eigenvalue weighted by Gasteiger charge is 2.33. The Hall–Kier alpha value is -2.00. The average molecular weight is 325 g/mol. The molecule has 1 aliphatic rings. The molecule has 128 valence electrons. The van der Waals surface area contributed by atoms with Crippen molar-refractivity contribution < 1.29 is 9.47 Å². The van der Waals surface area contributed by atoms with E-state index in [4.69, 9.17) is 9.47 Å². The van der Waals surface area contributed by atoms with Crippen molar-refractivity contribution in [2.75, 3.05) is 6.54 Å². The van der Waals surface area contributed by atoms with Gasteiger partial charge in [-0.15, -0.1) is 0 Å². The molecular formula is C21H27NO2. The second-order valence-corrected chi connectivity index (χ2v) is 7.29. The summed E-state index contributed by atoms with van der Waals surface area (Å²) in [6, 6.07) is 16.4. The van der Waals surface area contributed by atoms with Gasteiger partial charge in [-0.1, -0.05) is 35.9 Å². The van der Waals surface area contributed by atoms with Gasteiger partial charge in [-0.05, 0) is 57.9 Å². The molecule has 2 atom stereocenters. The van der Waals surface area contributed by atoms with Gasteiger partial charge >= 0.3 is 0 Å². The van der Waals surface area contributed by atoms with E-state index in [1.807, 2.05) is 30.3 Å². The van der Waals surface area contributed by atoms with Crippen LogP contribution in [0.25, 0.3) is 0 Å². The lowest BCUT2D eigenvalue weighted by Crippen LogP contribution is -2.41. The number of hydrogen-bond acceptors (Lipinski definition) is 3. The van der Waals surface area contributed by atoms with Gasteiger partial charge in [0.15, 0.2) is 0 Å². The van der Waals surface area contributed by atoms with Gasteiger partial charge in [-0.25, -0.2) is 0 Å². The molecule has 24 heavy (non-hydrogen) atoms. The predicted octanol–water partition coefficient (Wildman–Crippen LogP) is 4.65. The summed E-state index contributed by atoms with van der Waals surface area (Å²) in [6.07, 6.45) is 0.959. The van der Waals surface area contributed by atoms with Crippen molar-refractivity contribution in [2.45, 2.75) is 51.9 Å². The normalized spacial score (nSPS) is 19.9. The molecule has 0 saturated carbocycles. The lowest BCUT2D eigenvalue weighted by atomic mass is 9.83.